The van der Waals surface area contributed by atoms with Crippen LogP contribution in [0, 0.1) is 43.9 Å². The summed E-state index contributed by atoms with van der Waals surface area (Å²) in [7, 11) is 0. The highest BCUT2D eigenvalue weighted by Crippen LogP contribution is 2.60. The average Bonchev–Trinajstić information content (AvgIpc) is 3.07. The Balaban J connectivity index is 1.14. The molecule has 7 nitrogen and oxygen atoms in total. The van der Waals surface area contributed by atoms with E-state index in [4.69, 9.17) is 4.74 Å². The van der Waals surface area contributed by atoms with Crippen LogP contribution in [0.4, 0.5) is 5.69 Å². The molecular formula is C27H31N5O2. The topological polar surface area (TPSA) is 81.9 Å². The molecule has 4 aliphatic rings. The van der Waals surface area contributed by atoms with Crippen molar-refractivity contribution in [3.8, 4) is 17.4 Å². The summed E-state index contributed by atoms with van der Waals surface area (Å²) in [5.41, 5.74) is 3.83. The normalized spacial score (nSPS) is 27.1. The molecule has 7 heteroatoms. The molecule has 176 valence electrons. The predicted octanol–water partition coefficient (Wildman–Crippen LogP) is 5.53. The summed E-state index contributed by atoms with van der Waals surface area (Å²) in [5, 5.41) is 7.77. The van der Waals surface area contributed by atoms with Crippen LogP contribution in [0.15, 0.2) is 36.7 Å². The Hall–Kier alpha value is -3.22. The number of hydrogen-bond donors (Lipinski definition) is 1. The number of anilines is 1. The lowest BCUT2D eigenvalue weighted by atomic mass is 9.49. The molecular weight excluding hydrogens is 426 g/mol. The third-order valence-corrected chi connectivity index (χ3v) is 8.35. The van der Waals surface area contributed by atoms with E-state index in [0.717, 1.165) is 59.7 Å². The Morgan fingerprint density at radius 2 is 1.65 bits per heavy atom. The monoisotopic (exact) mass is 457 g/mol. The van der Waals surface area contributed by atoms with Crippen LogP contribution in [-0.2, 0) is 4.79 Å². The molecule has 0 radical (unpaired) electrons. The number of ether oxygens (including phenoxy) is 1. The zero-order valence-electron chi connectivity index (χ0n) is 20.0. The third kappa shape index (κ3) is 3.67. The molecule has 2 aromatic heterocycles. The smallest absolute Gasteiger partial charge is 0.230 e. The van der Waals surface area contributed by atoms with Crippen LogP contribution < -0.4 is 10.1 Å². The molecule has 0 unspecified atom stereocenters. The predicted molar refractivity (Wildman–Crippen MR) is 129 cm³/mol. The first-order chi connectivity index (χ1) is 16.4. The van der Waals surface area contributed by atoms with Crippen LogP contribution in [0.1, 0.15) is 55.5 Å². The van der Waals surface area contributed by atoms with E-state index in [2.05, 4.69) is 27.3 Å². The molecule has 3 aromatic rings. The van der Waals surface area contributed by atoms with Gasteiger partial charge in [0.2, 0.25) is 11.8 Å². The van der Waals surface area contributed by atoms with Crippen LogP contribution in [0.3, 0.4) is 0 Å². The van der Waals surface area contributed by atoms with Gasteiger partial charge in [0.1, 0.15) is 12.1 Å². The van der Waals surface area contributed by atoms with E-state index in [1.807, 2.05) is 42.8 Å². The van der Waals surface area contributed by atoms with Gasteiger partial charge in [-0.05, 0) is 107 Å². The summed E-state index contributed by atoms with van der Waals surface area (Å²) in [4.78, 5) is 21.9. The second-order valence-corrected chi connectivity index (χ2v) is 10.7. The number of carbonyl (C=O) groups excluding carboxylic acids is 1. The maximum atomic E-state index is 13.3. The van der Waals surface area contributed by atoms with Gasteiger partial charge in [-0.1, -0.05) is 0 Å². The van der Waals surface area contributed by atoms with Crippen molar-refractivity contribution in [2.75, 3.05) is 5.32 Å². The van der Waals surface area contributed by atoms with Crippen molar-refractivity contribution < 1.29 is 9.53 Å². The van der Waals surface area contributed by atoms with Crippen molar-refractivity contribution in [1.29, 1.82) is 0 Å². The first kappa shape index (κ1) is 21.3. The molecule has 4 bridgehead atoms. The highest BCUT2D eigenvalue weighted by molar-refractivity contribution is 5.95. The van der Waals surface area contributed by atoms with Crippen molar-refractivity contribution in [3.63, 3.8) is 0 Å². The lowest BCUT2D eigenvalue weighted by Crippen LogP contribution is -2.51. The minimum Gasteiger partial charge on any atom is -0.439 e. The van der Waals surface area contributed by atoms with Crippen molar-refractivity contribution in [2.24, 2.45) is 23.2 Å². The van der Waals surface area contributed by atoms with Crippen molar-refractivity contribution in [2.45, 2.75) is 59.3 Å². The number of aryl methyl sites for hydroxylation is 1. The maximum absolute atomic E-state index is 13.3. The van der Waals surface area contributed by atoms with Gasteiger partial charge in [0.15, 0.2) is 5.82 Å². The number of amides is 1. The van der Waals surface area contributed by atoms with Crippen LogP contribution in [0.25, 0.3) is 5.82 Å². The number of nitrogens with zero attached hydrogens (tertiary/aromatic N) is 4. The summed E-state index contributed by atoms with van der Waals surface area (Å²) in [6.45, 7) is 6.06. The van der Waals surface area contributed by atoms with E-state index in [0.29, 0.717) is 17.4 Å². The number of rotatable bonds is 5. The van der Waals surface area contributed by atoms with Crippen molar-refractivity contribution >= 4 is 11.6 Å². The molecule has 0 aliphatic heterocycles. The molecule has 0 saturated heterocycles. The molecule has 4 saturated carbocycles. The molecule has 7 rings (SSSR count). The molecule has 4 aliphatic carbocycles. The van der Waals surface area contributed by atoms with E-state index in [1.54, 1.807) is 6.07 Å². The second-order valence-electron chi connectivity index (χ2n) is 10.7. The molecule has 4 fully saturated rings. The number of nitrogens with one attached hydrogen (secondary N) is 1. The summed E-state index contributed by atoms with van der Waals surface area (Å²) in [6, 6.07) is 9.32. The maximum Gasteiger partial charge on any atom is 0.230 e. The average molecular weight is 458 g/mol. The number of benzene rings is 1. The Kier molecular flexibility index (Phi) is 4.97. The Labute approximate surface area is 200 Å². The highest BCUT2D eigenvalue weighted by Gasteiger charge is 2.54. The molecule has 1 amide bonds. The van der Waals surface area contributed by atoms with Crippen LogP contribution in [0.5, 0.6) is 11.6 Å². The SMILES string of the molecule is Cc1nn(-c2cc(Oc3ccc(NC(=O)C45CC6CC(CC(C6)C4)C5)cc3)ncn2)c(C)c1C. The van der Waals surface area contributed by atoms with Gasteiger partial charge in [-0.3, -0.25) is 4.79 Å². The van der Waals surface area contributed by atoms with E-state index < -0.39 is 0 Å². The van der Waals surface area contributed by atoms with Gasteiger partial charge < -0.3 is 10.1 Å². The Bertz CT molecular complexity index is 1210. The zero-order valence-corrected chi connectivity index (χ0v) is 20.0. The van der Waals surface area contributed by atoms with Gasteiger partial charge in [-0.2, -0.15) is 5.10 Å². The van der Waals surface area contributed by atoms with E-state index in [-0.39, 0.29) is 11.3 Å². The first-order valence-electron chi connectivity index (χ1n) is 12.3. The highest BCUT2D eigenvalue weighted by atomic mass is 16.5. The number of hydrogen-bond acceptors (Lipinski definition) is 5. The van der Waals surface area contributed by atoms with Crippen LogP contribution in [-0.4, -0.2) is 25.7 Å². The Morgan fingerprint density at radius 3 is 2.24 bits per heavy atom. The largest absolute Gasteiger partial charge is 0.439 e. The molecule has 0 atom stereocenters. The standard InChI is InChI=1S/C27H31N5O2/c1-16-17(2)31-32(18(16)3)24-11-25(29-15-28-24)34-23-6-4-22(5-7-23)30-26(33)27-12-19-8-20(13-27)10-21(9-19)14-27/h4-7,11,15,19-21H,8-10,12-14H2,1-3H3,(H,30,33). The lowest BCUT2D eigenvalue weighted by molar-refractivity contribution is -0.140. The molecule has 0 spiro atoms. The molecule has 2 heterocycles. The van der Waals surface area contributed by atoms with Gasteiger partial charge in [-0.15, -0.1) is 0 Å². The van der Waals surface area contributed by atoms with Gasteiger partial charge in [0, 0.05) is 17.4 Å². The molecule has 1 aromatic carbocycles. The van der Waals surface area contributed by atoms with Crippen LogP contribution in [0.2, 0.25) is 0 Å². The van der Waals surface area contributed by atoms with Crippen LogP contribution >= 0.6 is 0 Å². The van der Waals surface area contributed by atoms with Crippen molar-refractivity contribution in [1.82, 2.24) is 19.7 Å². The minimum absolute atomic E-state index is 0.150. The summed E-state index contributed by atoms with van der Waals surface area (Å²) >= 11 is 0. The summed E-state index contributed by atoms with van der Waals surface area (Å²) in [6.07, 6.45) is 8.69. The van der Waals surface area contributed by atoms with Gasteiger partial charge >= 0.3 is 0 Å². The van der Waals surface area contributed by atoms with Gasteiger partial charge in [0.25, 0.3) is 0 Å². The van der Waals surface area contributed by atoms with Crippen molar-refractivity contribution in [3.05, 3.63) is 53.6 Å². The number of aromatic nitrogens is 4. The van der Waals surface area contributed by atoms with E-state index >= 15 is 0 Å². The third-order valence-electron chi connectivity index (χ3n) is 8.35. The van der Waals surface area contributed by atoms with E-state index in [1.165, 1.54) is 25.6 Å². The Morgan fingerprint density at radius 1 is 1.00 bits per heavy atom. The van der Waals surface area contributed by atoms with Gasteiger partial charge in [-0.25, -0.2) is 14.6 Å². The number of carbonyl (C=O) groups is 1. The fraction of sp³-hybridized carbons (Fsp3) is 0.481. The van der Waals surface area contributed by atoms with E-state index in [9.17, 15) is 4.79 Å². The second kappa shape index (κ2) is 7.93. The fourth-order valence-electron chi connectivity index (χ4n) is 6.82. The zero-order chi connectivity index (χ0) is 23.4. The summed E-state index contributed by atoms with van der Waals surface area (Å²) < 4.78 is 7.78. The summed E-state index contributed by atoms with van der Waals surface area (Å²) in [5.74, 6) is 4.23. The molecule has 1 N–H and O–H groups in total. The minimum atomic E-state index is -0.150. The van der Waals surface area contributed by atoms with Gasteiger partial charge in [0.05, 0.1) is 11.1 Å². The quantitative estimate of drug-likeness (QED) is 0.544. The fourth-order valence-corrected chi connectivity index (χ4v) is 6.82. The molecule has 34 heavy (non-hydrogen) atoms. The first-order valence-corrected chi connectivity index (χ1v) is 12.3. The lowest BCUT2D eigenvalue weighted by Gasteiger charge is -2.55.